The average molecular weight is 302 g/mol. The molecule has 0 spiro atoms. The van der Waals surface area contributed by atoms with Gasteiger partial charge in [-0.05, 0) is 25.1 Å². The molecule has 0 radical (unpaired) electrons. The molecular formula is C14H10N2O6. The number of hydrogen-bond donors (Lipinski definition) is 1. The molecule has 0 amide bonds. The number of aromatic amines is 1. The van der Waals surface area contributed by atoms with Crippen molar-refractivity contribution in [2.75, 3.05) is 6.61 Å². The van der Waals surface area contributed by atoms with Crippen LogP contribution in [0.3, 0.4) is 0 Å². The van der Waals surface area contributed by atoms with Gasteiger partial charge in [-0.15, -0.1) is 0 Å². The summed E-state index contributed by atoms with van der Waals surface area (Å²) in [5.74, 6) is -0.809. The number of hydrogen-bond acceptors (Lipinski definition) is 6. The third-order valence-corrected chi connectivity index (χ3v) is 3.20. The van der Waals surface area contributed by atoms with Gasteiger partial charge in [0.25, 0.3) is 0 Å². The first-order chi connectivity index (χ1) is 10.5. The number of nitrogens with one attached hydrogen (secondary N) is 1. The van der Waals surface area contributed by atoms with E-state index in [9.17, 15) is 19.7 Å². The highest BCUT2D eigenvalue weighted by Gasteiger charge is 2.29. The number of nitrogens with zero attached hydrogens (tertiary/aromatic N) is 1. The number of benzene rings is 1. The van der Waals surface area contributed by atoms with E-state index in [1.807, 2.05) is 0 Å². The van der Waals surface area contributed by atoms with E-state index in [2.05, 4.69) is 4.98 Å². The maximum Gasteiger partial charge on any atom is 0.362 e. The second-order valence-corrected chi connectivity index (χ2v) is 4.48. The molecule has 0 aliphatic carbocycles. The molecule has 22 heavy (non-hydrogen) atoms. The Hall–Kier alpha value is -3.16. The Labute approximate surface area is 122 Å². The molecule has 0 bridgehead atoms. The summed E-state index contributed by atoms with van der Waals surface area (Å²) in [6.07, 6.45) is 0. The number of esters is 1. The van der Waals surface area contributed by atoms with E-state index in [1.54, 1.807) is 6.92 Å². The molecule has 1 aromatic carbocycles. The lowest BCUT2D eigenvalue weighted by molar-refractivity contribution is -0.383. The van der Waals surface area contributed by atoms with Gasteiger partial charge in [-0.3, -0.25) is 10.1 Å². The normalized spacial score (nSPS) is 11.0. The molecule has 3 aromatic rings. The summed E-state index contributed by atoms with van der Waals surface area (Å²) in [5.41, 5.74) is -0.599. The van der Waals surface area contributed by atoms with Crippen molar-refractivity contribution in [2.24, 2.45) is 0 Å². The molecule has 8 heteroatoms. The highest BCUT2D eigenvalue weighted by molar-refractivity contribution is 6.14. The Bertz CT molecular complexity index is 969. The number of rotatable bonds is 3. The maximum atomic E-state index is 11.9. The van der Waals surface area contributed by atoms with Crippen molar-refractivity contribution in [3.05, 3.63) is 50.5 Å². The zero-order valence-corrected chi connectivity index (χ0v) is 11.4. The van der Waals surface area contributed by atoms with Crippen LogP contribution in [-0.2, 0) is 4.74 Å². The third kappa shape index (κ3) is 2.01. The summed E-state index contributed by atoms with van der Waals surface area (Å²) in [5, 5.41) is 12.0. The molecule has 0 saturated heterocycles. The maximum absolute atomic E-state index is 11.9. The number of nitro groups is 1. The minimum atomic E-state index is -0.809. The molecule has 0 unspecified atom stereocenters. The molecule has 112 valence electrons. The smallest absolute Gasteiger partial charge is 0.362 e. The SMILES string of the molecule is CCOC(=O)c1[nH]c2ccc3oc(=O)ccc3c2c1[N+](=O)[O-]. The van der Waals surface area contributed by atoms with Gasteiger partial charge < -0.3 is 14.1 Å². The Kier molecular flexibility index (Phi) is 3.13. The molecule has 2 heterocycles. The largest absolute Gasteiger partial charge is 0.461 e. The van der Waals surface area contributed by atoms with Crippen LogP contribution in [-0.4, -0.2) is 22.5 Å². The van der Waals surface area contributed by atoms with Crippen LogP contribution >= 0.6 is 0 Å². The van der Waals surface area contributed by atoms with E-state index in [-0.39, 0.29) is 23.3 Å². The first kappa shape index (κ1) is 13.8. The van der Waals surface area contributed by atoms with Crippen molar-refractivity contribution < 1.29 is 18.9 Å². The van der Waals surface area contributed by atoms with Crippen LogP contribution in [0.15, 0.2) is 33.5 Å². The predicted molar refractivity (Wildman–Crippen MR) is 77.0 cm³/mol. The molecule has 0 saturated carbocycles. The summed E-state index contributed by atoms with van der Waals surface area (Å²) >= 11 is 0. The lowest BCUT2D eigenvalue weighted by Crippen LogP contribution is -2.07. The minimum absolute atomic E-state index is 0.0982. The van der Waals surface area contributed by atoms with Gasteiger partial charge in [-0.2, -0.15) is 0 Å². The summed E-state index contributed by atoms with van der Waals surface area (Å²) in [4.78, 5) is 36.6. The number of ether oxygens (including phenoxy) is 1. The summed E-state index contributed by atoms with van der Waals surface area (Å²) in [6.45, 7) is 1.71. The van der Waals surface area contributed by atoms with Gasteiger partial charge in [-0.1, -0.05) is 0 Å². The van der Waals surface area contributed by atoms with E-state index >= 15 is 0 Å². The van der Waals surface area contributed by atoms with Crippen LogP contribution < -0.4 is 5.63 Å². The minimum Gasteiger partial charge on any atom is -0.461 e. The Morgan fingerprint density at radius 1 is 1.36 bits per heavy atom. The van der Waals surface area contributed by atoms with Crippen molar-refractivity contribution >= 4 is 33.5 Å². The number of carbonyl (C=O) groups is 1. The molecule has 0 fully saturated rings. The van der Waals surface area contributed by atoms with E-state index in [4.69, 9.17) is 9.15 Å². The van der Waals surface area contributed by atoms with Crippen molar-refractivity contribution in [1.29, 1.82) is 0 Å². The number of aromatic nitrogens is 1. The second-order valence-electron chi connectivity index (χ2n) is 4.48. The van der Waals surface area contributed by atoms with Gasteiger partial charge in [0, 0.05) is 11.5 Å². The van der Waals surface area contributed by atoms with Gasteiger partial charge >= 0.3 is 17.3 Å². The Morgan fingerprint density at radius 3 is 2.82 bits per heavy atom. The number of fused-ring (bicyclic) bond motifs is 3. The number of carbonyl (C=O) groups excluding carboxylic acids is 1. The standard InChI is InChI=1S/C14H10N2O6/c1-2-21-14(18)12-13(16(19)20)11-7-3-6-10(17)22-9(7)5-4-8(11)15-12/h3-6,15H,2H2,1H3. The zero-order chi connectivity index (χ0) is 15.9. The van der Waals surface area contributed by atoms with Crippen LogP contribution in [0.25, 0.3) is 21.9 Å². The summed E-state index contributed by atoms with van der Waals surface area (Å²) in [7, 11) is 0. The quantitative estimate of drug-likeness (QED) is 0.343. The summed E-state index contributed by atoms with van der Waals surface area (Å²) < 4.78 is 9.84. The molecule has 0 atom stereocenters. The first-order valence-corrected chi connectivity index (χ1v) is 6.43. The highest BCUT2D eigenvalue weighted by atomic mass is 16.6. The molecule has 8 nitrogen and oxygen atoms in total. The third-order valence-electron chi connectivity index (χ3n) is 3.20. The summed E-state index contributed by atoms with van der Waals surface area (Å²) in [6, 6.07) is 5.62. The van der Waals surface area contributed by atoms with Crippen LogP contribution in [0.5, 0.6) is 0 Å². The van der Waals surface area contributed by atoms with E-state index < -0.39 is 22.2 Å². The monoisotopic (exact) mass is 302 g/mol. The van der Waals surface area contributed by atoms with Crippen LogP contribution in [0.1, 0.15) is 17.4 Å². The highest BCUT2D eigenvalue weighted by Crippen LogP contribution is 2.35. The van der Waals surface area contributed by atoms with Crippen LogP contribution in [0.4, 0.5) is 5.69 Å². The fourth-order valence-electron chi connectivity index (χ4n) is 2.36. The number of H-pyrrole nitrogens is 1. The van der Waals surface area contributed by atoms with Crippen molar-refractivity contribution in [2.45, 2.75) is 6.92 Å². The Morgan fingerprint density at radius 2 is 2.14 bits per heavy atom. The van der Waals surface area contributed by atoms with E-state index in [0.29, 0.717) is 10.9 Å². The van der Waals surface area contributed by atoms with Gasteiger partial charge in [0.1, 0.15) is 5.58 Å². The first-order valence-electron chi connectivity index (χ1n) is 6.43. The molecule has 0 aliphatic heterocycles. The van der Waals surface area contributed by atoms with Crippen LogP contribution in [0.2, 0.25) is 0 Å². The lowest BCUT2D eigenvalue weighted by Gasteiger charge is -1.99. The van der Waals surface area contributed by atoms with Gasteiger partial charge in [0.05, 0.1) is 22.4 Å². The van der Waals surface area contributed by atoms with E-state index in [1.165, 1.54) is 24.3 Å². The molecule has 1 N–H and O–H groups in total. The van der Waals surface area contributed by atoms with E-state index in [0.717, 1.165) is 0 Å². The Balaban J connectivity index is 2.43. The zero-order valence-electron chi connectivity index (χ0n) is 11.4. The topological polar surface area (TPSA) is 115 Å². The second kappa shape index (κ2) is 4.99. The van der Waals surface area contributed by atoms with Gasteiger partial charge in [0.2, 0.25) is 5.69 Å². The average Bonchev–Trinajstić information content (AvgIpc) is 2.87. The molecular weight excluding hydrogens is 292 g/mol. The van der Waals surface area contributed by atoms with Crippen molar-refractivity contribution in [1.82, 2.24) is 4.98 Å². The van der Waals surface area contributed by atoms with Gasteiger partial charge in [-0.25, -0.2) is 9.59 Å². The molecule has 2 aromatic heterocycles. The van der Waals surface area contributed by atoms with Crippen molar-refractivity contribution in [3.63, 3.8) is 0 Å². The predicted octanol–water partition coefficient (Wildman–Crippen LogP) is 2.36. The van der Waals surface area contributed by atoms with Crippen molar-refractivity contribution in [3.8, 4) is 0 Å². The lowest BCUT2D eigenvalue weighted by atomic mass is 10.1. The fourth-order valence-corrected chi connectivity index (χ4v) is 2.36. The fraction of sp³-hybridized carbons (Fsp3) is 0.143. The van der Waals surface area contributed by atoms with Gasteiger partial charge in [0.15, 0.2) is 0 Å². The molecule has 3 rings (SSSR count). The molecule has 0 aliphatic rings. The van der Waals surface area contributed by atoms with Crippen LogP contribution in [0, 0.1) is 10.1 Å².